The van der Waals surface area contributed by atoms with Gasteiger partial charge in [0, 0.05) is 0 Å². The number of fused-ring (bicyclic) bond motifs is 1. The predicted octanol–water partition coefficient (Wildman–Crippen LogP) is 2.01. The van der Waals surface area contributed by atoms with Crippen molar-refractivity contribution in [3.63, 3.8) is 0 Å². The van der Waals surface area contributed by atoms with E-state index in [4.69, 9.17) is 15.2 Å². The number of carbonyl (C=O) groups is 4. The fourth-order valence-electron chi connectivity index (χ4n) is 4.31. The molecule has 0 bridgehead atoms. The lowest BCUT2D eigenvalue weighted by atomic mass is 9.90. The first-order chi connectivity index (χ1) is 15.4. The van der Waals surface area contributed by atoms with E-state index in [9.17, 15) is 19.2 Å². The van der Waals surface area contributed by atoms with E-state index in [0.29, 0.717) is 24.2 Å². The largest absolute Gasteiger partial charge is 0.483 e. The van der Waals surface area contributed by atoms with E-state index in [2.05, 4.69) is 5.32 Å². The zero-order chi connectivity index (χ0) is 22.7. The number of primary amides is 1. The monoisotopic (exact) mass is 437 g/mol. The summed E-state index contributed by atoms with van der Waals surface area (Å²) in [5.41, 5.74) is 5.29. The van der Waals surface area contributed by atoms with Gasteiger partial charge in [-0.1, -0.05) is 37.1 Å². The number of esters is 1. The number of para-hydroxylation sites is 3. The summed E-state index contributed by atoms with van der Waals surface area (Å²) < 4.78 is 10.5. The summed E-state index contributed by atoms with van der Waals surface area (Å²) in [6, 6.07) is 13.3. The van der Waals surface area contributed by atoms with Gasteiger partial charge >= 0.3 is 5.97 Å². The smallest absolute Gasteiger partial charge is 0.342 e. The maximum Gasteiger partial charge on any atom is 0.342 e. The summed E-state index contributed by atoms with van der Waals surface area (Å²) in [4.78, 5) is 51.4. The average Bonchev–Trinajstić information content (AvgIpc) is 3.27. The number of benzene rings is 2. The maximum atomic E-state index is 13.3. The van der Waals surface area contributed by atoms with E-state index in [1.54, 1.807) is 36.4 Å². The Labute approximate surface area is 184 Å². The number of nitrogens with two attached hydrogens (primary N) is 1. The Balaban J connectivity index is 1.54. The average molecular weight is 437 g/mol. The van der Waals surface area contributed by atoms with Crippen LogP contribution in [-0.2, 0) is 19.1 Å². The van der Waals surface area contributed by atoms with E-state index in [1.165, 1.54) is 17.0 Å². The first-order valence-electron chi connectivity index (χ1n) is 10.3. The molecule has 1 spiro atoms. The summed E-state index contributed by atoms with van der Waals surface area (Å²) >= 11 is 0. The Kier molecular flexibility index (Phi) is 5.81. The number of hydrogen-bond acceptors (Lipinski definition) is 6. The van der Waals surface area contributed by atoms with Crippen molar-refractivity contribution in [2.24, 2.45) is 5.73 Å². The van der Waals surface area contributed by atoms with Crippen LogP contribution < -0.4 is 20.7 Å². The van der Waals surface area contributed by atoms with Gasteiger partial charge in [-0.25, -0.2) is 4.79 Å². The number of rotatable bonds is 6. The van der Waals surface area contributed by atoms with Gasteiger partial charge in [-0.15, -0.1) is 0 Å². The van der Waals surface area contributed by atoms with Crippen LogP contribution in [0.25, 0.3) is 0 Å². The summed E-state index contributed by atoms with van der Waals surface area (Å²) in [6.45, 7) is -0.947. The zero-order valence-corrected chi connectivity index (χ0v) is 17.3. The van der Waals surface area contributed by atoms with Crippen LogP contribution in [0.3, 0.4) is 0 Å². The number of carbonyl (C=O) groups excluding carboxylic acids is 4. The van der Waals surface area contributed by atoms with Crippen molar-refractivity contribution in [2.45, 2.75) is 31.2 Å². The highest BCUT2D eigenvalue weighted by atomic mass is 16.5. The minimum atomic E-state index is -0.986. The van der Waals surface area contributed by atoms with Crippen LogP contribution in [-0.4, -0.2) is 42.4 Å². The van der Waals surface area contributed by atoms with E-state index in [-0.39, 0.29) is 17.2 Å². The molecule has 2 aromatic rings. The van der Waals surface area contributed by atoms with E-state index < -0.39 is 36.5 Å². The lowest BCUT2D eigenvalue weighted by Crippen LogP contribution is -2.61. The molecule has 1 saturated carbocycles. The van der Waals surface area contributed by atoms with Gasteiger partial charge < -0.3 is 20.5 Å². The van der Waals surface area contributed by atoms with Gasteiger partial charge in [-0.3, -0.25) is 19.3 Å². The minimum Gasteiger partial charge on any atom is -0.483 e. The highest BCUT2D eigenvalue weighted by Crippen LogP contribution is 2.45. The van der Waals surface area contributed by atoms with Crippen LogP contribution in [0.15, 0.2) is 48.5 Å². The van der Waals surface area contributed by atoms with Crippen LogP contribution in [0.2, 0.25) is 0 Å². The van der Waals surface area contributed by atoms with Crippen molar-refractivity contribution in [3.05, 3.63) is 54.1 Å². The lowest BCUT2D eigenvalue weighted by molar-refractivity contribution is -0.129. The molecule has 2 aliphatic rings. The molecule has 1 heterocycles. The van der Waals surface area contributed by atoms with Crippen molar-refractivity contribution in [1.29, 1.82) is 0 Å². The molecular formula is C23H23N3O6. The van der Waals surface area contributed by atoms with Gasteiger partial charge in [-0.05, 0) is 37.1 Å². The summed E-state index contributed by atoms with van der Waals surface area (Å²) in [5, 5.41) is 2.90. The third-order valence-electron chi connectivity index (χ3n) is 5.73. The second-order valence-electron chi connectivity index (χ2n) is 7.77. The zero-order valence-electron chi connectivity index (χ0n) is 17.3. The first kappa shape index (κ1) is 21.4. The number of ether oxygens (including phenoxy) is 2. The van der Waals surface area contributed by atoms with Crippen molar-refractivity contribution in [1.82, 2.24) is 0 Å². The van der Waals surface area contributed by atoms with E-state index in [0.717, 1.165) is 12.8 Å². The van der Waals surface area contributed by atoms with Crippen LogP contribution in [0, 0.1) is 0 Å². The minimum absolute atomic E-state index is 0.0638. The Morgan fingerprint density at radius 3 is 2.44 bits per heavy atom. The number of nitrogens with zero attached hydrogens (tertiary/aromatic N) is 1. The highest BCUT2D eigenvalue weighted by Gasteiger charge is 2.52. The third kappa shape index (κ3) is 3.89. The van der Waals surface area contributed by atoms with E-state index in [1.807, 2.05) is 0 Å². The van der Waals surface area contributed by atoms with Gasteiger partial charge in [0.1, 0.15) is 16.9 Å². The molecule has 32 heavy (non-hydrogen) atoms. The number of anilines is 2. The normalized spacial score (nSPS) is 16.2. The molecule has 9 heteroatoms. The van der Waals surface area contributed by atoms with Crippen LogP contribution in [0.4, 0.5) is 11.4 Å². The Morgan fingerprint density at radius 2 is 1.69 bits per heavy atom. The van der Waals surface area contributed by atoms with Gasteiger partial charge in [0.15, 0.2) is 13.2 Å². The second-order valence-corrected chi connectivity index (χ2v) is 7.77. The second kappa shape index (κ2) is 8.70. The quantitative estimate of drug-likeness (QED) is 0.666. The fraction of sp³-hybridized carbons (Fsp3) is 0.304. The molecule has 4 rings (SSSR count). The predicted molar refractivity (Wildman–Crippen MR) is 115 cm³/mol. The maximum absolute atomic E-state index is 13.3. The standard InChI is InChI=1S/C23H23N3O6/c24-19(27)13-31-18-10-4-1-7-15(18)21(29)32-14-20(28)26-17-9-3-2-8-16(17)25-22(30)23(26)11-5-6-12-23/h1-4,7-10H,5-6,11-14H2,(H2,24,27)(H,25,30). The molecule has 0 unspecified atom stereocenters. The molecule has 9 nitrogen and oxygen atoms in total. The van der Waals surface area contributed by atoms with Crippen molar-refractivity contribution < 1.29 is 28.7 Å². The first-order valence-corrected chi connectivity index (χ1v) is 10.3. The van der Waals surface area contributed by atoms with Gasteiger partial charge in [-0.2, -0.15) is 0 Å². The molecular weight excluding hydrogens is 414 g/mol. The van der Waals surface area contributed by atoms with Gasteiger partial charge in [0.05, 0.1) is 11.4 Å². The molecule has 1 aliphatic heterocycles. The molecule has 0 atom stereocenters. The van der Waals surface area contributed by atoms with Crippen LogP contribution in [0.1, 0.15) is 36.0 Å². The van der Waals surface area contributed by atoms with Crippen LogP contribution >= 0.6 is 0 Å². The third-order valence-corrected chi connectivity index (χ3v) is 5.73. The molecule has 0 radical (unpaired) electrons. The number of hydrogen-bond donors (Lipinski definition) is 2. The number of nitrogens with one attached hydrogen (secondary N) is 1. The SMILES string of the molecule is NC(=O)COc1ccccc1C(=O)OCC(=O)N1c2ccccc2NC(=O)C12CCCC2. The fourth-order valence-corrected chi connectivity index (χ4v) is 4.31. The van der Waals surface area contributed by atoms with Gasteiger partial charge in [0.25, 0.3) is 17.7 Å². The lowest BCUT2D eigenvalue weighted by Gasteiger charge is -2.44. The summed E-state index contributed by atoms with van der Waals surface area (Å²) in [5.74, 6) is -2.06. The molecule has 1 aliphatic carbocycles. The summed E-state index contributed by atoms with van der Waals surface area (Å²) in [7, 11) is 0. The Morgan fingerprint density at radius 1 is 1.00 bits per heavy atom. The molecule has 0 aromatic heterocycles. The Hall–Kier alpha value is -3.88. The molecule has 2 aromatic carbocycles. The summed E-state index contributed by atoms with van der Waals surface area (Å²) in [6.07, 6.45) is 2.72. The molecule has 0 saturated heterocycles. The van der Waals surface area contributed by atoms with Crippen molar-refractivity contribution >= 4 is 35.1 Å². The highest BCUT2D eigenvalue weighted by molar-refractivity contribution is 6.15. The van der Waals surface area contributed by atoms with Gasteiger partial charge in [0.2, 0.25) is 0 Å². The van der Waals surface area contributed by atoms with E-state index >= 15 is 0 Å². The molecule has 1 fully saturated rings. The molecule has 166 valence electrons. The molecule has 3 N–H and O–H groups in total. The van der Waals surface area contributed by atoms with Crippen molar-refractivity contribution in [3.8, 4) is 5.75 Å². The molecule has 3 amide bonds. The Bertz CT molecular complexity index is 1080. The van der Waals surface area contributed by atoms with Crippen molar-refractivity contribution in [2.75, 3.05) is 23.4 Å². The topological polar surface area (TPSA) is 128 Å². The van der Waals surface area contributed by atoms with Crippen LogP contribution in [0.5, 0.6) is 5.75 Å². The number of amides is 3.